The Morgan fingerprint density at radius 1 is 0.912 bits per heavy atom. The number of aliphatic hydroxyl groups is 7. The Labute approximate surface area is 195 Å². The lowest BCUT2D eigenvalue weighted by Gasteiger charge is -2.46. The summed E-state index contributed by atoms with van der Waals surface area (Å²) in [5, 5.41) is 72.9. The van der Waals surface area contributed by atoms with E-state index in [-0.39, 0.29) is 18.4 Å². The molecule has 2 aliphatic heterocycles. The van der Waals surface area contributed by atoms with Gasteiger partial charge in [-0.05, 0) is 5.41 Å². The topological polar surface area (TPSA) is 215 Å². The molecule has 0 amide bonds. The summed E-state index contributed by atoms with van der Waals surface area (Å²) in [6.07, 6.45) is -12.7. The fourth-order valence-corrected chi connectivity index (χ4v) is 4.38. The fourth-order valence-electron chi connectivity index (χ4n) is 4.38. The molecule has 0 spiro atoms. The van der Waals surface area contributed by atoms with Gasteiger partial charge >= 0.3 is 0 Å². The highest BCUT2D eigenvalue weighted by Gasteiger charge is 2.50. The third kappa shape index (κ3) is 5.49. The summed E-state index contributed by atoms with van der Waals surface area (Å²) in [5.74, 6) is -0.784. The number of ether oxygens (including phenoxy) is 3. The molecule has 8 N–H and O–H groups in total. The summed E-state index contributed by atoms with van der Waals surface area (Å²) in [7, 11) is 0. The van der Waals surface area contributed by atoms with Crippen LogP contribution in [0.4, 0.5) is 0 Å². The van der Waals surface area contributed by atoms with Gasteiger partial charge < -0.3 is 55.3 Å². The van der Waals surface area contributed by atoms with Crippen molar-refractivity contribution >= 4 is 11.6 Å². The lowest BCUT2D eigenvalue weighted by Crippen LogP contribution is -2.66. The molecular formula is C21H33NO12. The predicted molar refractivity (Wildman–Crippen MR) is 111 cm³/mol. The molecule has 10 atom stereocenters. The van der Waals surface area contributed by atoms with Crippen molar-refractivity contribution in [3.05, 3.63) is 11.8 Å². The van der Waals surface area contributed by atoms with Crippen LogP contribution in [0.5, 0.6) is 0 Å². The van der Waals surface area contributed by atoms with Gasteiger partial charge in [-0.15, -0.1) is 0 Å². The second kappa shape index (κ2) is 10.6. The molecule has 2 heterocycles. The number of aliphatic hydroxyl groups excluding tert-OH is 7. The molecule has 0 aromatic carbocycles. The molecule has 3 fully saturated rings. The summed E-state index contributed by atoms with van der Waals surface area (Å²) in [6, 6.07) is -1.32. The normalized spacial score (nSPS) is 43.0. The van der Waals surface area contributed by atoms with E-state index in [2.05, 4.69) is 5.32 Å². The van der Waals surface area contributed by atoms with E-state index in [0.29, 0.717) is 0 Å². The standard InChI is InChI=1S/C21H33NO12/c1-21(2)3-9(25)8(10(26)4-21)5-22-13-15(28)18(12(7-24)32-19(13)31)34-20-17(30)16(29)14(27)11(6-23)33-20/h5,11-20,22-24,27-31H,3-4,6-7H2,1-2H3/t11?,12?,13?,14-,15+,16-,17?,18+,19+,20-/m0/s1. The van der Waals surface area contributed by atoms with Crippen molar-refractivity contribution in [3.63, 3.8) is 0 Å². The molecule has 13 nitrogen and oxygen atoms in total. The van der Waals surface area contributed by atoms with Gasteiger partial charge in [0, 0.05) is 19.0 Å². The molecule has 0 bridgehead atoms. The third-order valence-corrected chi connectivity index (χ3v) is 6.31. The van der Waals surface area contributed by atoms with E-state index in [0.717, 1.165) is 6.20 Å². The van der Waals surface area contributed by atoms with Crippen molar-refractivity contribution < 1.29 is 59.5 Å². The Kier molecular flexibility index (Phi) is 8.46. The first kappa shape index (κ1) is 27.1. The highest BCUT2D eigenvalue weighted by molar-refractivity contribution is 6.22. The molecule has 4 unspecified atom stereocenters. The van der Waals surface area contributed by atoms with Gasteiger partial charge in [-0.2, -0.15) is 0 Å². The molecule has 1 saturated carbocycles. The number of hydrogen-bond acceptors (Lipinski definition) is 13. The first-order valence-electron chi connectivity index (χ1n) is 11.0. The first-order chi connectivity index (χ1) is 15.9. The van der Waals surface area contributed by atoms with E-state index in [1.54, 1.807) is 13.8 Å². The van der Waals surface area contributed by atoms with Crippen LogP contribution < -0.4 is 5.32 Å². The molecule has 0 aromatic rings. The number of ketones is 2. The lowest BCUT2D eigenvalue weighted by molar-refractivity contribution is -0.345. The molecule has 0 aromatic heterocycles. The number of carbonyl (C=O) groups excluding carboxylic acids is 2. The van der Waals surface area contributed by atoms with Crippen LogP contribution in [0.3, 0.4) is 0 Å². The number of Topliss-reactive ketones (excluding diaryl/α,β-unsaturated/α-hetero) is 2. The Morgan fingerprint density at radius 2 is 1.50 bits per heavy atom. The molecule has 2 saturated heterocycles. The van der Waals surface area contributed by atoms with Crippen molar-refractivity contribution in [1.29, 1.82) is 0 Å². The van der Waals surface area contributed by atoms with Crippen LogP contribution in [0.2, 0.25) is 0 Å². The zero-order valence-electron chi connectivity index (χ0n) is 18.9. The van der Waals surface area contributed by atoms with Gasteiger partial charge in [0.2, 0.25) is 0 Å². The zero-order chi connectivity index (χ0) is 25.4. The van der Waals surface area contributed by atoms with Crippen LogP contribution in [0, 0.1) is 5.41 Å². The highest BCUT2D eigenvalue weighted by Crippen LogP contribution is 2.34. The van der Waals surface area contributed by atoms with Crippen LogP contribution in [-0.2, 0) is 23.8 Å². The van der Waals surface area contributed by atoms with Crippen molar-refractivity contribution in [2.45, 2.75) is 88.0 Å². The van der Waals surface area contributed by atoms with Gasteiger partial charge in [0.25, 0.3) is 0 Å². The summed E-state index contributed by atoms with van der Waals surface area (Å²) in [5.41, 5.74) is -0.591. The Bertz CT molecular complexity index is 764. The van der Waals surface area contributed by atoms with Gasteiger partial charge in [0.05, 0.1) is 18.8 Å². The summed E-state index contributed by atoms with van der Waals surface area (Å²) in [6.45, 7) is 2.18. The summed E-state index contributed by atoms with van der Waals surface area (Å²) >= 11 is 0. The fraction of sp³-hybridized carbons (Fsp3) is 0.810. The number of allylic oxidation sites excluding steroid dienone is 1. The molecule has 3 aliphatic rings. The quantitative estimate of drug-likeness (QED) is 0.132. The second-order valence-electron chi connectivity index (χ2n) is 9.65. The number of hydrogen-bond donors (Lipinski definition) is 8. The molecule has 1 aliphatic carbocycles. The van der Waals surface area contributed by atoms with Crippen LogP contribution in [0.15, 0.2) is 11.8 Å². The van der Waals surface area contributed by atoms with Gasteiger partial charge in [0.1, 0.15) is 48.8 Å². The maximum Gasteiger partial charge on any atom is 0.187 e. The van der Waals surface area contributed by atoms with Crippen molar-refractivity contribution in [1.82, 2.24) is 5.32 Å². The van der Waals surface area contributed by atoms with Gasteiger partial charge in [-0.1, -0.05) is 13.8 Å². The molecular weight excluding hydrogens is 458 g/mol. The molecule has 34 heavy (non-hydrogen) atoms. The maximum absolute atomic E-state index is 12.4. The van der Waals surface area contributed by atoms with Crippen molar-refractivity contribution in [2.24, 2.45) is 5.41 Å². The minimum Gasteiger partial charge on any atom is -0.394 e. The van der Waals surface area contributed by atoms with E-state index in [1.165, 1.54) is 0 Å². The maximum atomic E-state index is 12.4. The zero-order valence-corrected chi connectivity index (χ0v) is 18.9. The summed E-state index contributed by atoms with van der Waals surface area (Å²) < 4.78 is 16.1. The smallest absolute Gasteiger partial charge is 0.187 e. The number of rotatable bonds is 6. The number of carbonyl (C=O) groups is 2. The Morgan fingerprint density at radius 3 is 2.06 bits per heavy atom. The summed E-state index contributed by atoms with van der Waals surface area (Å²) in [4.78, 5) is 24.8. The Balaban J connectivity index is 1.76. The van der Waals surface area contributed by atoms with E-state index >= 15 is 0 Å². The van der Waals surface area contributed by atoms with Gasteiger partial charge in [0.15, 0.2) is 24.1 Å². The average Bonchev–Trinajstić information content (AvgIpc) is 2.75. The lowest BCUT2D eigenvalue weighted by atomic mass is 9.74. The highest BCUT2D eigenvalue weighted by atomic mass is 16.7. The van der Waals surface area contributed by atoms with Crippen LogP contribution >= 0.6 is 0 Å². The van der Waals surface area contributed by atoms with Crippen LogP contribution in [0.1, 0.15) is 26.7 Å². The average molecular weight is 491 g/mol. The second-order valence-corrected chi connectivity index (χ2v) is 9.65. The number of nitrogens with one attached hydrogen (secondary N) is 1. The van der Waals surface area contributed by atoms with Crippen LogP contribution in [-0.4, -0.2) is 122 Å². The van der Waals surface area contributed by atoms with Crippen molar-refractivity contribution in [2.75, 3.05) is 13.2 Å². The molecule has 0 radical (unpaired) electrons. The van der Waals surface area contributed by atoms with Crippen molar-refractivity contribution in [3.8, 4) is 0 Å². The SMILES string of the molecule is CC1(C)CC(=O)C(=CNC2[C@H](O)OC(CO)[C@@H](O[C@@H]3OC(CO)[C@H](O)[C@H](O)C3O)[C@@H]2O)C(=O)C1. The monoisotopic (exact) mass is 491 g/mol. The van der Waals surface area contributed by atoms with E-state index in [9.17, 15) is 45.3 Å². The minimum absolute atomic E-state index is 0.116. The van der Waals surface area contributed by atoms with E-state index < -0.39 is 91.5 Å². The third-order valence-electron chi connectivity index (χ3n) is 6.31. The largest absolute Gasteiger partial charge is 0.394 e. The van der Waals surface area contributed by atoms with Gasteiger partial charge in [-0.25, -0.2) is 0 Å². The predicted octanol–water partition coefficient (Wildman–Crippen LogP) is -3.96. The molecule has 3 rings (SSSR count). The molecule has 194 valence electrons. The molecule has 13 heteroatoms. The van der Waals surface area contributed by atoms with Crippen LogP contribution in [0.25, 0.3) is 0 Å². The first-order valence-corrected chi connectivity index (χ1v) is 11.0. The van der Waals surface area contributed by atoms with E-state index in [1.807, 2.05) is 0 Å². The van der Waals surface area contributed by atoms with Gasteiger partial charge in [-0.3, -0.25) is 9.59 Å². The minimum atomic E-state index is -1.77. The van der Waals surface area contributed by atoms with E-state index in [4.69, 9.17) is 14.2 Å². The Hall–Kier alpha value is -1.52.